The summed E-state index contributed by atoms with van der Waals surface area (Å²) < 4.78 is 0. The smallest absolute Gasteiger partial charge is 0.257 e. The molecule has 1 aliphatic heterocycles. The van der Waals surface area contributed by atoms with Crippen LogP contribution in [0.1, 0.15) is 42.5 Å². The fourth-order valence-corrected chi connectivity index (χ4v) is 3.24. The second-order valence-corrected chi connectivity index (χ2v) is 4.89. The zero-order valence-corrected chi connectivity index (χ0v) is 9.35. The predicted molar refractivity (Wildman–Crippen MR) is 60.0 cm³/mol. The van der Waals surface area contributed by atoms with Crippen LogP contribution in [0, 0.1) is 5.92 Å². The summed E-state index contributed by atoms with van der Waals surface area (Å²) in [4.78, 5) is 14.3. The minimum atomic E-state index is 0.158. The van der Waals surface area contributed by atoms with E-state index < -0.39 is 0 Å². The number of likely N-dealkylation sites (tertiary alicyclic amines) is 1. The van der Waals surface area contributed by atoms with E-state index in [4.69, 9.17) is 0 Å². The van der Waals surface area contributed by atoms with Gasteiger partial charge in [-0.1, -0.05) is 6.42 Å². The lowest BCUT2D eigenvalue weighted by molar-refractivity contribution is 0.0548. The minimum Gasteiger partial charge on any atom is -0.335 e. The highest BCUT2D eigenvalue weighted by Gasteiger charge is 2.37. The number of fused-ring (bicyclic) bond motifs is 1. The molecule has 0 radical (unpaired) electrons. The summed E-state index contributed by atoms with van der Waals surface area (Å²) in [5, 5.41) is 6.56. The molecule has 0 bridgehead atoms. The molecule has 1 aromatic rings. The number of piperidine rings is 1. The molecule has 1 aromatic heterocycles. The van der Waals surface area contributed by atoms with Crippen molar-refractivity contribution in [1.29, 1.82) is 0 Å². The number of nitrogens with zero attached hydrogens (tertiary/aromatic N) is 2. The quantitative estimate of drug-likeness (QED) is 0.783. The fraction of sp³-hybridized carbons (Fsp3) is 0.667. The van der Waals surface area contributed by atoms with Crippen LogP contribution in [0.25, 0.3) is 0 Å². The van der Waals surface area contributed by atoms with Crippen LogP contribution < -0.4 is 0 Å². The first kappa shape index (κ1) is 9.87. The Morgan fingerprint density at radius 1 is 1.38 bits per heavy atom. The van der Waals surface area contributed by atoms with E-state index in [1.807, 2.05) is 0 Å². The van der Waals surface area contributed by atoms with Gasteiger partial charge in [0.25, 0.3) is 5.91 Å². The molecule has 1 saturated heterocycles. The molecule has 2 unspecified atom stereocenters. The Balaban J connectivity index is 1.80. The van der Waals surface area contributed by atoms with Crippen LogP contribution in [0.4, 0.5) is 0 Å². The molecule has 1 saturated carbocycles. The topological polar surface area (TPSA) is 49.0 Å². The van der Waals surface area contributed by atoms with Gasteiger partial charge in [0.1, 0.15) is 0 Å². The Labute approximate surface area is 95.0 Å². The molecular formula is C12H17N3O. The highest BCUT2D eigenvalue weighted by molar-refractivity contribution is 5.94. The molecule has 2 aliphatic rings. The maximum absolute atomic E-state index is 12.3. The number of nitrogens with one attached hydrogen (secondary N) is 1. The van der Waals surface area contributed by atoms with Crippen molar-refractivity contribution in [1.82, 2.24) is 15.1 Å². The van der Waals surface area contributed by atoms with Gasteiger partial charge in [-0.2, -0.15) is 5.10 Å². The van der Waals surface area contributed by atoms with E-state index in [0.29, 0.717) is 11.6 Å². The lowest BCUT2D eigenvalue weighted by Gasteiger charge is -2.37. The van der Waals surface area contributed by atoms with Gasteiger partial charge >= 0.3 is 0 Å². The maximum Gasteiger partial charge on any atom is 0.257 e. The van der Waals surface area contributed by atoms with E-state index in [9.17, 15) is 4.79 Å². The van der Waals surface area contributed by atoms with Gasteiger partial charge in [-0.3, -0.25) is 9.89 Å². The molecule has 2 atom stereocenters. The third kappa shape index (κ3) is 1.52. The average molecular weight is 219 g/mol. The zero-order valence-electron chi connectivity index (χ0n) is 9.35. The van der Waals surface area contributed by atoms with Crippen molar-refractivity contribution in [3.63, 3.8) is 0 Å². The average Bonchev–Trinajstić information content (AvgIpc) is 2.98. The highest BCUT2D eigenvalue weighted by Crippen LogP contribution is 2.37. The van der Waals surface area contributed by atoms with Crippen molar-refractivity contribution in [2.45, 2.75) is 38.1 Å². The molecule has 1 N–H and O–H groups in total. The molecule has 0 aromatic carbocycles. The van der Waals surface area contributed by atoms with Crippen LogP contribution in [-0.4, -0.2) is 33.6 Å². The Kier molecular flexibility index (Phi) is 2.42. The molecular weight excluding hydrogens is 202 g/mol. The van der Waals surface area contributed by atoms with Gasteiger partial charge in [-0.25, -0.2) is 0 Å². The van der Waals surface area contributed by atoms with E-state index in [-0.39, 0.29) is 5.91 Å². The van der Waals surface area contributed by atoms with Gasteiger partial charge in [0, 0.05) is 18.8 Å². The van der Waals surface area contributed by atoms with Crippen LogP contribution in [0.15, 0.2) is 12.4 Å². The van der Waals surface area contributed by atoms with Gasteiger partial charge in [0.15, 0.2) is 0 Å². The van der Waals surface area contributed by atoms with Crippen LogP contribution in [0.2, 0.25) is 0 Å². The standard InChI is InChI=1S/C12H17N3O/c16-12(10-7-13-14-8-10)15-6-2-4-9-3-1-5-11(9)15/h7-9,11H,1-6H2,(H,13,14). The van der Waals surface area contributed by atoms with Crippen molar-refractivity contribution in [2.24, 2.45) is 5.92 Å². The summed E-state index contributed by atoms with van der Waals surface area (Å²) in [5.41, 5.74) is 0.701. The molecule has 1 amide bonds. The monoisotopic (exact) mass is 219 g/mol. The molecule has 1 aliphatic carbocycles. The number of amides is 1. The first-order valence-electron chi connectivity index (χ1n) is 6.16. The number of hydrogen-bond donors (Lipinski definition) is 1. The van der Waals surface area contributed by atoms with Crippen molar-refractivity contribution in [3.8, 4) is 0 Å². The maximum atomic E-state index is 12.3. The molecule has 2 heterocycles. The number of hydrogen-bond acceptors (Lipinski definition) is 2. The Bertz CT molecular complexity index is 374. The van der Waals surface area contributed by atoms with E-state index in [2.05, 4.69) is 15.1 Å². The third-order valence-electron chi connectivity index (χ3n) is 4.00. The number of aromatic amines is 1. The van der Waals surface area contributed by atoms with E-state index in [1.165, 1.54) is 25.7 Å². The molecule has 16 heavy (non-hydrogen) atoms. The SMILES string of the molecule is O=C(c1cn[nH]c1)N1CCCC2CCCC21. The molecule has 86 valence electrons. The van der Waals surface area contributed by atoms with Gasteiger partial charge in [-0.15, -0.1) is 0 Å². The lowest BCUT2D eigenvalue weighted by Crippen LogP contribution is -2.46. The van der Waals surface area contributed by atoms with E-state index in [1.54, 1.807) is 12.4 Å². The van der Waals surface area contributed by atoms with E-state index >= 15 is 0 Å². The summed E-state index contributed by atoms with van der Waals surface area (Å²) >= 11 is 0. The number of aromatic nitrogens is 2. The third-order valence-corrected chi connectivity index (χ3v) is 4.00. The number of H-pyrrole nitrogens is 1. The first-order chi connectivity index (χ1) is 7.86. The van der Waals surface area contributed by atoms with Gasteiger partial charge < -0.3 is 4.90 Å². The highest BCUT2D eigenvalue weighted by atomic mass is 16.2. The van der Waals surface area contributed by atoms with Crippen molar-refractivity contribution >= 4 is 5.91 Å². The molecule has 4 heteroatoms. The Hall–Kier alpha value is -1.32. The lowest BCUT2D eigenvalue weighted by atomic mass is 9.91. The summed E-state index contributed by atoms with van der Waals surface area (Å²) in [6.45, 7) is 0.922. The molecule has 4 nitrogen and oxygen atoms in total. The fourth-order valence-electron chi connectivity index (χ4n) is 3.24. The summed E-state index contributed by atoms with van der Waals surface area (Å²) in [6, 6.07) is 0.496. The van der Waals surface area contributed by atoms with Crippen LogP contribution >= 0.6 is 0 Å². The summed E-state index contributed by atoms with van der Waals surface area (Å²) in [7, 11) is 0. The Morgan fingerprint density at radius 2 is 2.25 bits per heavy atom. The first-order valence-corrected chi connectivity index (χ1v) is 6.16. The van der Waals surface area contributed by atoms with E-state index in [0.717, 1.165) is 18.9 Å². The normalized spacial score (nSPS) is 29.1. The number of carbonyl (C=O) groups is 1. The minimum absolute atomic E-state index is 0.158. The van der Waals surface area contributed by atoms with Crippen LogP contribution in [0.5, 0.6) is 0 Å². The van der Waals surface area contributed by atoms with Crippen molar-refractivity contribution < 1.29 is 4.79 Å². The van der Waals surface area contributed by atoms with Crippen molar-refractivity contribution in [2.75, 3.05) is 6.54 Å². The van der Waals surface area contributed by atoms with Gasteiger partial charge in [0.2, 0.25) is 0 Å². The second kappa shape index (κ2) is 3.92. The van der Waals surface area contributed by atoms with Gasteiger partial charge in [-0.05, 0) is 31.6 Å². The Morgan fingerprint density at radius 3 is 3.06 bits per heavy atom. The summed E-state index contributed by atoms with van der Waals surface area (Å²) in [6.07, 6.45) is 9.56. The molecule has 0 spiro atoms. The van der Waals surface area contributed by atoms with Gasteiger partial charge in [0.05, 0.1) is 11.8 Å². The second-order valence-electron chi connectivity index (χ2n) is 4.89. The zero-order chi connectivity index (χ0) is 11.0. The van der Waals surface area contributed by atoms with Crippen molar-refractivity contribution in [3.05, 3.63) is 18.0 Å². The summed E-state index contributed by atoms with van der Waals surface area (Å²) in [5.74, 6) is 0.912. The number of rotatable bonds is 1. The molecule has 3 rings (SSSR count). The number of carbonyl (C=O) groups excluding carboxylic acids is 1. The largest absolute Gasteiger partial charge is 0.335 e. The predicted octanol–water partition coefficient (Wildman–Crippen LogP) is 1.81. The molecule has 2 fully saturated rings. The van der Waals surface area contributed by atoms with Crippen LogP contribution in [0.3, 0.4) is 0 Å². The van der Waals surface area contributed by atoms with Crippen LogP contribution in [-0.2, 0) is 0 Å².